The van der Waals surface area contributed by atoms with Crippen molar-refractivity contribution in [3.63, 3.8) is 0 Å². The molecule has 0 radical (unpaired) electrons. The third-order valence-electron chi connectivity index (χ3n) is 2.60. The third kappa shape index (κ3) is 3.28. The van der Waals surface area contributed by atoms with Gasteiger partial charge in [0.2, 0.25) is 0 Å². The van der Waals surface area contributed by atoms with Gasteiger partial charge in [0.1, 0.15) is 17.5 Å². The lowest BCUT2D eigenvalue weighted by molar-refractivity contribution is 0.102. The quantitative estimate of drug-likeness (QED) is 0.899. The summed E-state index contributed by atoms with van der Waals surface area (Å²) in [5.41, 5.74) is 1.14. The molecule has 20 heavy (non-hydrogen) atoms. The molecule has 2 rings (SSSR count). The molecule has 104 valence electrons. The van der Waals surface area contributed by atoms with Crippen LogP contribution in [0.2, 0.25) is 0 Å². The molecule has 0 fully saturated rings. The molecule has 0 spiro atoms. The van der Waals surface area contributed by atoms with E-state index in [4.69, 9.17) is 0 Å². The zero-order valence-corrected chi connectivity index (χ0v) is 11.3. The summed E-state index contributed by atoms with van der Waals surface area (Å²) in [7, 11) is 0. The van der Waals surface area contributed by atoms with Crippen LogP contribution in [0, 0.1) is 12.7 Å². The number of rotatable bonds is 4. The first-order valence-corrected chi connectivity index (χ1v) is 6.23. The van der Waals surface area contributed by atoms with Gasteiger partial charge in [0, 0.05) is 12.7 Å². The highest BCUT2D eigenvalue weighted by Gasteiger charge is 2.14. The summed E-state index contributed by atoms with van der Waals surface area (Å²) in [5.74, 6) is -0.260. The minimum absolute atomic E-state index is 0.147. The van der Waals surface area contributed by atoms with Gasteiger partial charge < -0.3 is 10.6 Å². The van der Waals surface area contributed by atoms with Gasteiger partial charge in [-0.25, -0.2) is 14.4 Å². The number of anilines is 2. The molecule has 0 aliphatic carbocycles. The van der Waals surface area contributed by atoms with Crippen molar-refractivity contribution in [2.45, 2.75) is 13.8 Å². The highest BCUT2D eigenvalue weighted by Crippen LogP contribution is 2.15. The van der Waals surface area contributed by atoms with Gasteiger partial charge in [0.15, 0.2) is 0 Å². The highest BCUT2D eigenvalue weighted by molar-refractivity contribution is 6.07. The van der Waals surface area contributed by atoms with E-state index in [9.17, 15) is 9.18 Å². The standard InChI is InChI=1S/C14H15FN4O/c1-3-16-13-11(6-10(15)8-18-13)14(20)19-12-5-4-9(2)7-17-12/h4-8H,3H2,1-2H3,(H,16,18)(H,17,19,20). The smallest absolute Gasteiger partial charge is 0.260 e. The maximum atomic E-state index is 13.3. The van der Waals surface area contributed by atoms with E-state index >= 15 is 0 Å². The second kappa shape index (κ2) is 6.10. The molecule has 0 atom stereocenters. The number of hydrogen-bond donors (Lipinski definition) is 2. The number of hydrogen-bond acceptors (Lipinski definition) is 4. The molecular weight excluding hydrogens is 259 g/mol. The van der Waals surface area contributed by atoms with Crippen molar-refractivity contribution in [3.05, 3.63) is 47.5 Å². The van der Waals surface area contributed by atoms with Gasteiger partial charge in [-0.2, -0.15) is 0 Å². The molecular formula is C14H15FN4O. The molecule has 1 amide bonds. The fraction of sp³-hybridized carbons (Fsp3) is 0.214. The van der Waals surface area contributed by atoms with Crippen molar-refractivity contribution < 1.29 is 9.18 Å². The molecule has 5 nitrogen and oxygen atoms in total. The maximum Gasteiger partial charge on any atom is 0.260 e. The van der Waals surface area contributed by atoms with Gasteiger partial charge >= 0.3 is 0 Å². The van der Waals surface area contributed by atoms with Gasteiger partial charge in [0.25, 0.3) is 5.91 Å². The second-order valence-corrected chi connectivity index (χ2v) is 4.25. The van der Waals surface area contributed by atoms with E-state index in [0.29, 0.717) is 18.2 Å². The molecule has 2 aromatic heterocycles. The predicted octanol–water partition coefficient (Wildman–Crippen LogP) is 2.61. The molecule has 6 heteroatoms. The average molecular weight is 274 g/mol. The van der Waals surface area contributed by atoms with Crippen LogP contribution in [0.3, 0.4) is 0 Å². The van der Waals surface area contributed by atoms with Crippen molar-refractivity contribution in [2.75, 3.05) is 17.2 Å². The summed E-state index contributed by atoms with van der Waals surface area (Å²) >= 11 is 0. The lowest BCUT2D eigenvalue weighted by Crippen LogP contribution is -2.16. The molecule has 0 aliphatic rings. The third-order valence-corrected chi connectivity index (χ3v) is 2.60. The highest BCUT2D eigenvalue weighted by atomic mass is 19.1. The van der Waals surface area contributed by atoms with E-state index in [1.54, 1.807) is 12.3 Å². The SMILES string of the molecule is CCNc1ncc(F)cc1C(=O)Nc1ccc(C)cn1. The van der Waals surface area contributed by atoms with Crippen molar-refractivity contribution in [1.82, 2.24) is 9.97 Å². The largest absolute Gasteiger partial charge is 0.370 e. The lowest BCUT2D eigenvalue weighted by atomic mass is 10.2. The zero-order valence-electron chi connectivity index (χ0n) is 11.3. The first-order chi connectivity index (χ1) is 9.60. The van der Waals surface area contributed by atoms with Crippen LogP contribution in [0.1, 0.15) is 22.8 Å². The van der Waals surface area contributed by atoms with Crippen molar-refractivity contribution in [3.8, 4) is 0 Å². The molecule has 0 unspecified atom stereocenters. The van der Waals surface area contributed by atoms with E-state index in [1.165, 1.54) is 0 Å². The van der Waals surface area contributed by atoms with Gasteiger partial charge in [-0.3, -0.25) is 4.79 Å². The lowest BCUT2D eigenvalue weighted by Gasteiger charge is -2.10. The fourth-order valence-electron chi connectivity index (χ4n) is 1.65. The number of aryl methyl sites for hydroxylation is 1. The Morgan fingerprint density at radius 3 is 2.75 bits per heavy atom. The van der Waals surface area contributed by atoms with Crippen LogP contribution < -0.4 is 10.6 Å². The van der Waals surface area contributed by atoms with Crippen LogP contribution in [0.5, 0.6) is 0 Å². The van der Waals surface area contributed by atoms with Crippen LogP contribution in [-0.4, -0.2) is 22.4 Å². The van der Waals surface area contributed by atoms with Crippen molar-refractivity contribution in [1.29, 1.82) is 0 Å². The number of carbonyl (C=O) groups excluding carboxylic acids is 1. The summed E-state index contributed by atoms with van der Waals surface area (Å²) in [6.07, 6.45) is 2.71. The minimum atomic E-state index is -0.561. The first-order valence-electron chi connectivity index (χ1n) is 6.23. The Balaban J connectivity index is 2.23. The minimum Gasteiger partial charge on any atom is -0.370 e. The number of carbonyl (C=O) groups is 1. The summed E-state index contributed by atoms with van der Waals surface area (Å²) in [4.78, 5) is 20.1. The summed E-state index contributed by atoms with van der Waals surface area (Å²) in [5, 5.41) is 5.53. The van der Waals surface area contributed by atoms with Crippen LogP contribution in [0.4, 0.5) is 16.0 Å². The van der Waals surface area contributed by atoms with Crippen LogP contribution >= 0.6 is 0 Å². The summed E-state index contributed by atoms with van der Waals surface area (Å²) in [6.45, 7) is 4.36. The first kappa shape index (κ1) is 13.9. The monoisotopic (exact) mass is 274 g/mol. The van der Waals surface area contributed by atoms with Gasteiger partial charge in [0.05, 0.1) is 11.8 Å². The van der Waals surface area contributed by atoms with Gasteiger partial charge in [-0.15, -0.1) is 0 Å². The van der Waals surface area contributed by atoms with E-state index in [2.05, 4.69) is 20.6 Å². The number of nitrogens with zero attached hydrogens (tertiary/aromatic N) is 2. The Bertz CT molecular complexity index is 613. The van der Waals surface area contributed by atoms with Gasteiger partial charge in [-0.05, 0) is 31.5 Å². The Kier molecular flexibility index (Phi) is 4.24. The molecule has 2 heterocycles. The van der Waals surface area contributed by atoms with Crippen molar-refractivity contribution >= 4 is 17.5 Å². The number of aromatic nitrogens is 2. The molecule has 0 saturated heterocycles. The Morgan fingerprint density at radius 1 is 1.30 bits per heavy atom. The normalized spacial score (nSPS) is 10.2. The zero-order chi connectivity index (χ0) is 14.5. The fourth-order valence-corrected chi connectivity index (χ4v) is 1.65. The van der Waals surface area contributed by atoms with Crippen molar-refractivity contribution in [2.24, 2.45) is 0 Å². The van der Waals surface area contributed by atoms with E-state index < -0.39 is 11.7 Å². The predicted molar refractivity (Wildman–Crippen MR) is 75.3 cm³/mol. The van der Waals surface area contributed by atoms with E-state index in [-0.39, 0.29) is 5.56 Å². The topological polar surface area (TPSA) is 66.9 Å². The molecule has 0 bridgehead atoms. The molecule has 0 aliphatic heterocycles. The van der Waals surface area contributed by atoms with E-state index in [1.807, 2.05) is 19.9 Å². The van der Waals surface area contributed by atoms with Crippen LogP contribution in [0.25, 0.3) is 0 Å². The molecule has 2 N–H and O–H groups in total. The molecule has 2 aromatic rings. The Hall–Kier alpha value is -2.50. The summed E-state index contributed by atoms with van der Waals surface area (Å²) in [6, 6.07) is 4.67. The molecule has 0 saturated carbocycles. The Morgan fingerprint density at radius 2 is 2.10 bits per heavy atom. The van der Waals surface area contributed by atoms with Crippen LogP contribution in [-0.2, 0) is 0 Å². The number of amides is 1. The van der Waals surface area contributed by atoms with Gasteiger partial charge in [-0.1, -0.05) is 6.07 Å². The number of pyridine rings is 2. The number of nitrogens with one attached hydrogen (secondary N) is 2. The van der Waals surface area contributed by atoms with Crippen LogP contribution in [0.15, 0.2) is 30.6 Å². The van der Waals surface area contributed by atoms with E-state index in [0.717, 1.165) is 17.8 Å². The second-order valence-electron chi connectivity index (χ2n) is 4.25. The molecule has 0 aromatic carbocycles. The summed E-state index contributed by atoms with van der Waals surface area (Å²) < 4.78 is 13.3. The maximum absolute atomic E-state index is 13.3. The average Bonchev–Trinajstić information content (AvgIpc) is 2.43. The number of halogens is 1. The Labute approximate surface area is 116 Å².